The fourth-order valence-corrected chi connectivity index (χ4v) is 5.21. The van der Waals surface area contributed by atoms with E-state index in [2.05, 4.69) is 9.97 Å². The van der Waals surface area contributed by atoms with Crippen molar-refractivity contribution in [2.24, 2.45) is 5.92 Å². The number of ether oxygens (including phenoxy) is 2. The number of hydrogen-bond acceptors (Lipinski definition) is 6. The monoisotopic (exact) mass is 349 g/mol. The molecule has 0 bridgehead atoms. The van der Waals surface area contributed by atoms with Gasteiger partial charge in [0.1, 0.15) is 0 Å². The summed E-state index contributed by atoms with van der Waals surface area (Å²) < 4.78 is 11.7. The van der Waals surface area contributed by atoms with Gasteiger partial charge in [-0.2, -0.15) is 0 Å². The minimum Gasteiger partial charge on any atom is -0.381 e. The largest absolute Gasteiger partial charge is 0.381 e. The van der Waals surface area contributed by atoms with E-state index in [1.807, 2.05) is 16.7 Å². The second kappa shape index (κ2) is 6.98. The number of amides is 1. The molecule has 3 aliphatic heterocycles. The molecule has 1 aromatic heterocycles. The van der Waals surface area contributed by atoms with Crippen molar-refractivity contribution >= 4 is 17.7 Å². The topological polar surface area (TPSA) is 64.6 Å². The van der Waals surface area contributed by atoms with E-state index in [9.17, 15) is 4.79 Å². The van der Waals surface area contributed by atoms with Crippen LogP contribution in [0.1, 0.15) is 29.9 Å². The third-order valence-corrected chi connectivity index (χ3v) is 6.66. The molecule has 0 saturated carbocycles. The molecular formula is C17H23N3O3S. The summed E-state index contributed by atoms with van der Waals surface area (Å²) in [5.74, 6) is 1.92. The Bertz CT molecular complexity index is 574. The van der Waals surface area contributed by atoms with E-state index in [1.54, 1.807) is 18.5 Å². The van der Waals surface area contributed by atoms with Crippen molar-refractivity contribution in [2.75, 3.05) is 38.7 Å². The van der Waals surface area contributed by atoms with Crippen LogP contribution in [0.3, 0.4) is 0 Å². The van der Waals surface area contributed by atoms with Gasteiger partial charge >= 0.3 is 0 Å². The van der Waals surface area contributed by atoms with Crippen molar-refractivity contribution in [3.63, 3.8) is 0 Å². The van der Waals surface area contributed by atoms with Crippen LogP contribution >= 0.6 is 11.8 Å². The third-order valence-electron chi connectivity index (χ3n) is 5.09. The van der Waals surface area contributed by atoms with Crippen molar-refractivity contribution in [2.45, 2.75) is 30.1 Å². The molecule has 0 aromatic carbocycles. The number of aromatic nitrogens is 2. The molecular weight excluding hydrogens is 326 g/mol. The van der Waals surface area contributed by atoms with E-state index in [4.69, 9.17) is 9.47 Å². The number of carbonyl (C=O) groups is 1. The Morgan fingerprint density at radius 2 is 2.08 bits per heavy atom. The van der Waals surface area contributed by atoms with Gasteiger partial charge in [-0.25, -0.2) is 9.97 Å². The molecule has 7 heteroatoms. The molecule has 4 heterocycles. The first kappa shape index (κ1) is 16.3. The molecule has 0 aliphatic carbocycles. The van der Waals surface area contributed by atoms with Crippen molar-refractivity contribution in [1.82, 2.24) is 14.9 Å². The number of nitrogens with zero attached hydrogens (tertiary/aromatic N) is 3. The zero-order valence-electron chi connectivity index (χ0n) is 13.7. The van der Waals surface area contributed by atoms with E-state index in [0.29, 0.717) is 17.8 Å². The van der Waals surface area contributed by atoms with Gasteiger partial charge in [0.05, 0.1) is 10.9 Å². The molecule has 3 fully saturated rings. The predicted molar refractivity (Wildman–Crippen MR) is 91.0 cm³/mol. The van der Waals surface area contributed by atoms with E-state index >= 15 is 0 Å². The van der Waals surface area contributed by atoms with Crippen LogP contribution in [0.5, 0.6) is 0 Å². The first-order chi connectivity index (χ1) is 11.7. The Balaban J connectivity index is 1.23. The summed E-state index contributed by atoms with van der Waals surface area (Å²) in [5.41, 5.74) is 0. The number of hydrogen-bond donors (Lipinski definition) is 0. The summed E-state index contributed by atoms with van der Waals surface area (Å²) in [6, 6.07) is 1.72. The minimum absolute atomic E-state index is 0.0617. The van der Waals surface area contributed by atoms with E-state index in [1.165, 1.54) is 0 Å². The average Bonchev–Trinajstić information content (AvgIpc) is 3.04. The van der Waals surface area contributed by atoms with Gasteiger partial charge in [0.25, 0.3) is 5.91 Å². The Morgan fingerprint density at radius 3 is 2.83 bits per heavy atom. The maximum Gasteiger partial charge on any atom is 0.291 e. The summed E-state index contributed by atoms with van der Waals surface area (Å²) in [6.07, 6.45) is 6.82. The minimum atomic E-state index is -0.0617. The molecule has 1 atom stereocenters. The van der Waals surface area contributed by atoms with Crippen molar-refractivity contribution in [3.8, 4) is 0 Å². The Morgan fingerprint density at radius 1 is 1.33 bits per heavy atom. The molecule has 4 rings (SSSR count). The predicted octanol–water partition coefficient (Wildman–Crippen LogP) is 1.62. The number of rotatable bonds is 4. The SMILES string of the molecule is O=C(c1ncccn1)N1CC2(CC(OCC3CCOCC3)CS2)C1. The second-order valence-corrected chi connectivity index (χ2v) is 8.43. The van der Waals surface area contributed by atoms with E-state index < -0.39 is 0 Å². The number of likely N-dealkylation sites (tertiary alicyclic amines) is 1. The molecule has 3 aliphatic rings. The Hall–Kier alpha value is -1.18. The summed E-state index contributed by atoms with van der Waals surface area (Å²) >= 11 is 1.96. The molecule has 6 nitrogen and oxygen atoms in total. The van der Waals surface area contributed by atoms with Crippen molar-refractivity contribution in [3.05, 3.63) is 24.3 Å². The van der Waals surface area contributed by atoms with Gasteiger partial charge in [0.2, 0.25) is 5.82 Å². The second-order valence-electron chi connectivity index (χ2n) is 6.94. The average molecular weight is 349 g/mol. The van der Waals surface area contributed by atoms with Gasteiger partial charge in [0.15, 0.2) is 0 Å². The van der Waals surface area contributed by atoms with Crippen molar-refractivity contribution < 1.29 is 14.3 Å². The summed E-state index contributed by atoms with van der Waals surface area (Å²) in [7, 11) is 0. The molecule has 24 heavy (non-hydrogen) atoms. The van der Waals surface area contributed by atoms with Crippen molar-refractivity contribution in [1.29, 1.82) is 0 Å². The molecule has 130 valence electrons. The molecule has 1 amide bonds. The highest BCUT2D eigenvalue weighted by Gasteiger charge is 2.51. The molecule has 0 radical (unpaired) electrons. The normalized spacial score (nSPS) is 26.5. The third kappa shape index (κ3) is 3.43. The highest BCUT2D eigenvalue weighted by atomic mass is 32.2. The number of carbonyl (C=O) groups excluding carboxylic acids is 1. The van der Waals surface area contributed by atoms with Gasteiger partial charge in [0, 0.05) is 51.1 Å². The standard InChI is InChI=1S/C17H23N3O3S/c21-16(15-18-4-1-5-19-15)20-11-17(12-20)8-14(10-24-17)23-9-13-2-6-22-7-3-13/h1,4-5,13-14H,2-3,6-12H2. The molecule has 1 unspecified atom stereocenters. The quantitative estimate of drug-likeness (QED) is 0.823. The maximum absolute atomic E-state index is 12.3. The molecule has 3 saturated heterocycles. The highest BCUT2D eigenvalue weighted by Crippen LogP contribution is 2.46. The lowest BCUT2D eigenvalue weighted by Gasteiger charge is -2.47. The van der Waals surface area contributed by atoms with Gasteiger partial charge in [-0.15, -0.1) is 11.8 Å². The fourth-order valence-electron chi connectivity index (χ4n) is 3.66. The summed E-state index contributed by atoms with van der Waals surface area (Å²) in [5, 5.41) is 0. The van der Waals surface area contributed by atoms with Crippen LogP contribution in [-0.4, -0.2) is 70.3 Å². The lowest BCUT2D eigenvalue weighted by atomic mass is 9.92. The highest BCUT2D eigenvalue weighted by molar-refractivity contribution is 8.01. The van der Waals surface area contributed by atoms with Crippen LogP contribution in [0.4, 0.5) is 0 Å². The van der Waals surface area contributed by atoms with Gasteiger partial charge in [-0.05, 0) is 31.2 Å². The van der Waals surface area contributed by atoms with Crippen LogP contribution in [0.2, 0.25) is 0 Å². The molecule has 1 aromatic rings. The smallest absolute Gasteiger partial charge is 0.291 e. The zero-order chi connectivity index (χ0) is 16.4. The molecule has 0 N–H and O–H groups in total. The maximum atomic E-state index is 12.3. The van der Waals surface area contributed by atoms with Crippen LogP contribution < -0.4 is 0 Å². The van der Waals surface area contributed by atoms with Gasteiger partial charge in [-0.1, -0.05) is 0 Å². The van der Waals surface area contributed by atoms with E-state index in [-0.39, 0.29) is 10.7 Å². The summed E-state index contributed by atoms with van der Waals surface area (Å²) in [6.45, 7) is 4.16. The molecule has 1 spiro atoms. The van der Waals surface area contributed by atoms with Crippen LogP contribution in [0.15, 0.2) is 18.5 Å². The Kier molecular flexibility index (Phi) is 4.74. The summed E-state index contributed by atoms with van der Waals surface area (Å²) in [4.78, 5) is 22.3. The number of thioether (sulfide) groups is 1. The Labute approximate surface area is 146 Å². The first-order valence-corrected chi connectivity index (χ1v) is 9.62. The van der Waals surface area contributed by atoms with Crippen LogP contribution in [0, 0.1) is 5.92 Å². The first-order valence-electron chi connectivity index (χ1n) is 8.64. The fraction of sp³-hybridized carbons (Fsp3) is 0.706. The van der Waals surface area contributed by atoms with Gasteiger partial charge < -0.3 is 14.4 Å². The lowest BCUT2D eigenvalue weighted by Crippen LogP contribution is -2.61. The van der Waals surface area contributed by atoms with Gasteiger partial charge in [-0.3, -0.25) is 4.79 Å². The lowest BCUT2D eigenvalue weighted by molar-refractivity contribution is -0.0119. The van der Waals surface area contributed by atoms with Crippen LogP contribution in [-0.2, 0) is 9.47 Å². The zero-order valence-corrected chi connectivity index (χ0v) is 14.5. The van der Waals surface area contributed by atoms with Crippen LogP contribution in [0.25, 0.3) is 0 Å². The van der Waals surface area contributed by atoms with E-state index in [0.717, 1.165) is 57.9 Å².